The number of anilines is 1. The van der Waals surface area contributed by atoms with Crippen LogP contribution in [0.1, 0.15) is 17.3 Å². The summed E-state index contributed by atoms with van der Waals surface area (Å²) in [6.07, 6.45) is -0.102. The highest BCUT2D eigenvalue weighted by Crippen LogP contribution is 2.27. The minimum Gasteiger partial charge on any atom is -0.495 e. The van der Waals surface area contributed by atoms with Crippen LogP contribution in [-0.2, 0) is 19.4 Å². The van der Waals surface area contributed by atoms with Gasteiger partial charge in [-0.1, -0.05) is 17.7 Å². The van der Waals surface area contributed by atoms with Gasteiger partial charge >= 0.3 is 5.97 Å². The highest BCUT2D eigenvalue weighted by Gasteiger charge is 2.21. The van der Waals surface area contributed by atoms with Crippen molar-refractivity contribution in [3.05, 3.63) is 53.1 Å². The molecule has 0 fully saturated rings. The number of hydrogen-bond donors (Lipinski definition) is 1. The molecule has 27 heavy (non-hydrogen) atoms. The zero-order chi connectivity index (χ0) is 20.2. The zero-order valence-electron chi connectivity index (χ0n) is 14.9. The van der Waals surface area contributed by atoms with E-state index in [4.69, 9.17) is 21.1 Å². The molecule has 0 saturated carbocycles. The third-order valence-electron chi connectivity index (χ3n) is 3.57. The lowest BCUT2D eigenvalue weighted by atomic mass is 10.2. The molecule has 144 valence electrons. The van der Waals surface area contributed by atoms with Gasteiger partial charge in [-0.25, -0.2) is 13.2 Å². The molecule has 1 atom stereocenters. The van der Waals surface area contributed by atoms with E-state index in [-0.39, 0.29) is 10.5 Å². The van der Waals surface area contributed by atoms with Crippen molar-refractivity contribution in [1.82, 2.24) is 0 Å². The first-order chi connectivity index (χ1) is 12.6. The SMILES string of the molecule is COc1ccc(Cl)cc1NC(=O)[C@@H](C)OC(=O)c1cccc(S(C)(=O)=O)c1. The van der Waals surface area contributed by atoms with E-state index in [0.717, 1.165) is 6.26 Å². The molecule has 0 saturated heterocycles. The minimum absolute atomic E-state index is 0.0160. The van der Waals surface area contributed by atoms with Crippen LogP contribution >= 0.6 is 11.6 Å². The summed E-state index contributed by atoms with van der Waals surface area (Å²) in [7, 11) is -2.03. The van der Waals surface area contributed by atoms with Gasteiger partial charge < -0.3 is 14.8 Å². The van der Waals surface area contributed by atoms with Crippen molar-refractivity contribution in [1.29, 1.82) is 0 Å². The number of benzene rings is 2. The quantitative estimate of drug-likeness (QED) is 0.734. The van der Waals surface area contributed by atoms with Crippen molar-refractivity contribution < 1.29 is 27.5 Å². The molecule has 1 N–H and O–H groups in total. The second kappa shape index (κ2) is 8.41. The van der Waals surface area contributed by atoms with E-state index in [1.807, 2.05) is 0 Å². The summed E-state index contributed by atoms with van der Waals surface area (Å²) in [6, 6.07) is 10.1. The summed E-state index contributed by atoms with van der Waals surface area (Å²) in [5.41, 5.74) is 0.356. The van der Waals surface area contributed by atoms with Crippen LogP contribution in [0.15, 0.2) is 47.4 Å². The summed E-state index contributed by atoms with van der Waals surface area (Å²) in [6.45, 7) is 1.39. The summed E-state index contributed by atoms with van der Waals surface area (Å²) in [4.78, 5) is 24.5. The molecular formula is C18H18ClNO6S. The van der Waals surface area contributed by atoms with E-state index < -0.39 is 27.8 Å². The van der Waals surface area contributed by atoms with Gasteiger partial charge in [-0.15, -0.1) is 0 Å². The number of ether oxygens (including phenoxy) is 2. The molecule has 9 heteroatoms. The Balaban J connectivity index is 2.11. The largest absolute Gasteiger partial charge is 0.495 e. The Hall–Kier alpha value is -2.58. The number of carbonyl (C=O) groups is 2. The van der Waals surface area contributed by atoms with E-state index in [1.165, 1.54) is 44.4 Å². The van der Waals surface area contributed by atoms with Gasteiger partial charge in [0.1, 0.15) is 5.75 Å². The van der Waals surface area contributed by atoms with Crippen molar-refractivity contribution in [3.8, 4) is 5.75 Å². The molecule has 0 aromatic heterocycles. The normalized spacial score (nSPS) is 12.1. The zero-order valence-corrected chi connectivity index (χ0v) is 16.4. The van der Waals surface area contributed by atoms with Gasteiger partial charge in [-0.2, -0.15) is 0 Å². The van der Waals surface area contributed by atoms with Crippen LogP contribution in [-0.4, -0.2) is 39.8 Å². The highest BCUT2D eigenvalue weighted by molar-refractivity contribution is 7.90. The molecule has 0 aliphatic rings. The van der Waals surface area contributed by atoms with Crippen molar-refractivity contribution in [2.45, 2.75) is 17.9 Å². The number of amides is 1. The van der Waals surface area contributed by atoms with Crippen molar-refractivity contribution in [2.75, 3.05) is 18.7 Å². The molecule has 1 amide bonds. The molecule has 0 spiro atoms. The van der Waals surface area contributed by atoms with Gasteiger partial charge in [0.15, 0.2) is 15.9 Å². The monoisotopic (exact) mass is 411 g/mol. The van der Waals surface area contributed by atoms with E-state index in [2.05, 4.69) is 5.32 Å². The Morgan fingerprint density at radius 3 is 2.48 bits per heavy atom. The lowest BCUT2D eigenvalue weighted by Crippen LogP contribution is -2.30. The van der Waals surface area contributed by atoms with E-state index >= 15 is 0 Å². The van der Waals surface area contributed by atoms with Crippen LogP contribution in [0, 0.1) is 0 Å². The fourth-order valence-corrected chi connectivity index (χ4v) is 2.99. The number of halogens is 1. The number of hydrogen-bond acceptors (Lipinski definition) is 6. The molecule has 7 nitrogen and oxygen atoms in total. The Labute approximate surface area is 162 Å². The fraction of sp³-hybridized carbons (Fsp3) is 0.222. The molecule has 0 bridgehead atoms. The smallest absolute Gasteiger partial charge is 0.338 e. The molecule has 0 heterocycles. The van der Waals surface area contributed by atoms with E-state index in [0.29, 0.717) is 16.5 Å². The average molecular weight is 412 g/mol. The lowest BCUT2D eigenvalue weighted by Gasteiger charge is -2.15. The Bertz CT molecular complexity index is 974. The number of nitrogens with one attached hydrogen (secondary N) is 1. The van der Waals surface area contributed by atoms with E-state index in [9.17, 15) is 18.0 Å². The molecule has 2 aromatic rings. The molecule has 0 aliphatic carbocycles. The number of rotatable bonds is 6. The maximum atomic E-state index is 12.3. The van der Waals surface area contributed by atoms with Gasteiger partial charge in [-0.3, -0.25) is 4.79 Å². The van der Waals surface area contributed by atoms with Gasteiger partial charge in [0.2, 0.25) is 0 Å². The molecule has 0 unspecified atom stereocenters. The van der Waals surface area contributed by atoms with Crippen LogP contribution in [0.25, 0.3) is 0 Å². The summed E-state index contributed by atoms with van der Waals surface area (Å²) in [5.74, 6) is -1.02. The maximum absolute atomic E-state index is 12.3. The Morgan fingerprint density at radius 2 is 1.85 bits per heavy atom. The predicted molar refractivity (Wildman–Crippen MR) is 101 cm³/mol. The third kappa shape index (κ3) is 5.45. The number of sulfone groups is 1. The van der Waals surface area contributed by atoms with Gasteiger partial charge in [0.05, 0.1) is 23.3 Å². The first-order valence-corrected chi connectivity index (χ1v) is 10.0. The van der Waals surface area contributed by atoms with Gasteiger partial charge in [-0.05, 0) is 43.3 Å². The first-order valence-electron chi connectivity index (χ1n) is 7.77. The summed E-state index contributed by atoms with van der Waals surface area (Å²) in [5, 5.41) is 2.97. The van der Waals surface area contributed by atoms with Crippen LogP contribution in [0.2, 0.25) is 5.02 Å². The number of carbonyl (C=O) groups excluding carboxylic acids is 2. The predicted octanol–water partition coefficient (Wildman–Crippen LogP) is 2.94. The number of methoxy groups -OCH3 is 1. The minimum atomic E-state index is -3.47. The van der Waals surface area contributed by atoms with Crippen molar-refractivity contribution >= 4 is 39.0 Å². The topological polar surface area (TPSA) is 98.8 Å². The van der Waals surface area contributed by atoms with Gasteiger partial charge in [0.25, 0.3) is 5.91 Å². The third-order valence-corrected chi connectivity index (χ3v) is 4.92. The Morgan fingerprint density at radius 1 is 1.15 bits per heavy atom. The van der Waals surface area contributed by atoms with Crippen molar-refractivity contribution in [2.24, 2.45) is 0 Å². The lowest BCUT2D eigenvalue weighted by molar-refractivity contribution is -0.123. The molecule has 2 rings (SSSR count). The summed E-state index contributed by atoms with van der Waals surface area (Å²) < 4.78 is 33.4. The second-order valence-electron chi connectivity index (χ2n) is 5.68. The van der Waals surface area contributed by atoms with Crippen LogP contribution < -0.4 is 10.1 Å². The molecule has 2 aromatic carbocycles. The molecule has 0 aliphatic heterocycles. The average Bonchev–Trinajstić information content (AvgIpc) is 2.61. The van der Waals surface area contributed by atoms with E-state index in [1.54, 1.807) is 12.1 Å². The van der Waals surface area contributed by atoms with Crippen LogP contribution in [0.3, 0.4) is 0 Å². The maximum Gasteiger partial charge on any atom is 0.338 e. The van der Waals surface area contributed by atoms with Crippen LogP contribution in [0.5, 0.6) is 5.75 Å². The van der Waals surface area contributed by atoms with Gasteiger partial charge in [0, 0.05) is 11.3 Å². The Kier molecular flexibility index (Phi) is 6.45. The molecular weight excluding hydrogens is 394 g/mol. The van der Waals surface area contributed by atoms with Crippen molar-refractivity contribution in [3.63, 3.8) is 0 Å². The summed E-state index contributed by atoms with van der Waals surface area (Å²) >= 11 is 5.91. The second-order valence-corrected chi connectivity index (χ2v) is 8.13. The standard InChI is InChI=1S/C18H18ClNO6S/c1-11(17(21)20-15-10-13(19)7-8-16(15)25-2)26-18(22)12-5-4-6-14(9-12)27(3,23)24/h4-11H,1-3H3,(H,20,21)/t11-/m1/s1. The highest BCUT2D eigenvalue weighted by atomic mass is 35.5. The van der Waals surface area contributed by atoms with Crippen LogP contribution in [0.4, 0.5) is 5.69 Å². The fourth-order valence-electron chi connectivity index (χ4n) is 2.15. The molecule has 0 radical (unpaired) electrons. The first kappa shape index (κ1) is 20.7. The number of esters is 1.